The van der Waals surface area contributed by atoms with Gasteiger partial charge < -0.3 is 9.32 Å². The number of rotatable bonds is 4. The number of anilines is 3. The number of oxazole rings is 1. The number of aromatic nitrogens is 5. The molecule has 0 spiro atoms. The van der Waals surface area contributed by atoms with Gasteiger partial charge in [-0.25, -0.2) is 15.0 Å². The Morgan fingerprint density at radius 3 is 2.70 bits per heavy atom. The molecule has 1 saturated heterocycles. The predicted octanol–water partition coefficient (Wildman–Crippen LogP) is 3.44. The maximum atomic E-state index is 12.2. The molecule has 0 radical (unpaired) electrons. The molecule has 154 valence electrons. The van der Waals surface area contributed by atoms with Crippen LogP contribution in [-0.2, 0) is 0 Å². The van der Waals surface area contributed by atoms with Crippen molar-refractivity contribution in [2.45, 2.75) is 19.8 Å². The molecule has 1 aliphatic heterocycles. The number of H-pyrrole nitrogens is 1. The van der Waals surface area contributed by atoms with Gasteiger partial charge >= 0.3 is 6.01 Å². The average molecular weight is 426 g/mol. The normalized spacial score (nSPS) is 13.4. The maximum Gasteiger partial charge on any atom is 0.302 e. The number of hydrogen-bond donors (Lipinski definition) is 2. The third-order valence-corrected chi connectivity index (χ3v) is 4.89. The van der Waals surface area contributed by atoms with Crippen molar-refractivity contribution in [2.75, 3.05) is 23.3 Å². The molecule has 0 atom stereocenters. The van der Waals surface area contributed by atoms with Crippen LogP contribution in [0.2, 0.25) is 0 Å². The van der Waals surface area contributed by atoms with Crippen molar-refractivity contribution in [3.8, 4) is 11.3 Å². The van der Waals surface area contributed by atoms with Crippen LogP contribution in [-0.4, -0.2) is 38.0 Å². The zero-order chi connectivity index (χ0) is 19.8. The zero-order valence-corrected chi connectivity index (χ0v) is 17.1. The number of nitrogens with one attached hydrogen (secondary N) is 2. The van der Waals surface area contributed by atoms with Crippen LogP contribution in [0, 0.1) is 6.92 Å². The van der Waals surface area contributed by atoms with E-state index in [0.717, 1.165) is 43.1 Å². The van der Waals surface area contributed by atoms with Crippen LogP contribution in [0.25, 0.3) is 22.4 Å². The highest BCUT2D eigenvalue weighted by Gasteiger charge is 2.17. The molecule has 30 heavy (non-hydrogen) atoms. The molecule has 9 nitrogen and oxygen atoms in total. The first-order valence-corrected chi connectivity index (χ1v) is 9.49. The highest BCUT2D eigenvalue weighted by molar-refractivity contribution is 5.85. The Morgan fingerprint density at radius 2 is 1.93 bits per heavy atom. The van der Waals surface area contributed by atoms with Crippen molar-refractivity contribution in [1.29, 1.82) is 0 Å². The Labute approximate surface area is 178 Å². The SMILES string of the molecule is Cc1nc(N2CCCC2)ncc1-c1cc(=O)[nH]c(Nc2nc3ccccc3o2)n1.Cl. The van der Waals surface area contributed by atoms with E-state index >= 15 is 0 Å². The molecule has 5 rings (SSSR count). The van der Waals surface area contributed by atoms with Crippen molar-refractivity contribution in [2.24, 2.45) is 0 Å². The summed E-state index contributed by atoms with van der Waals surface area (Å²) in [6.07, 6.45) is 4.04. The number of para-hydroxylation sites is 2. The molecule has 0 unspecified atom stereocenters. The Hall–Kier alpha value is -3.46. The number of aromatic amines is 1. The first kappa shape index (κ1) is 19.8. The molecular formula is C20H20ClN7O2. The van der Waals surface area contributed by atoms with E-state index in [0.29, 0.717) is 16.8 Å². The smallest absolute Gasteiger partial charge is 0.302 e. The summed E-state index contributed by atoms with van der Waals surface area (Å²) in [7, 11) is 0. The summed E-state index contributed by atoms with van der Waals surface area (Å²) in [6, 6.07) is 9.10. The van der Waals surface area contributed by atoms with Crippen LogP contribution in [0.15, 0.2) is 45.7 Å². The van der Waals surface area contributed by atoms with E-state index in [1.165, 1.54) is 6.07 Å². The Bertz CT molecular complexity index is 1210. The van der Waals surface area contributed by atoms with E-state index in [2.05, 4.69) is 35.1 Å². The zero-order valence-electron chi connectivity index (χ0n) is 16.3. The lowest BCUT2D eigenvalue weighted by Gasteiger charge is -2.16. The number of hydrogen-bond acceptors (Lipinski definition) is 8. The standard InChI is InChI=1S/C20H19N7O2.ClH/c1-12-13(11-21-19(22-12)27-8-4-5-9-27)15-10-17(28)25-18(23-15)26-20-24-14-6-2-3-7-16(14)29-20;/h2-3,6-7,10-11H,4-5,8-9H2,1H3,(H2,23,24,25,26,28);1H. The molecule has 4 aromatic rings. The van der Waals surface area contributed by atoms with Crippen molar-refractivity contribution in [3.05, 3.63) is 52.6 Å². The number of nitrogens with zero attached hydrogens (tertiary/aromatic N) is 5. The van der Waals surface area contributed by atoms with Gasteiger partial charge in [-0.05, 0) is 31.9 Å². The maximum absolute atomic E-state index is 12.2. The number of aryl methyl sites for hydroxylation is 1. The van der Waals surface area contributed by atoms with Crippen molar-refractivity contribution in [3.63, 3.8) is 0 Å². The summed E-state index contributed by atoms with van der Waals surface area (Å²) in [5.41, 5.74) is 3.03. The molecule has 0 saturated carbocycles. The van der Waals surface area contributed by atoms with E-state index < -0.39 is 0 Å². The van der Waals surface area contributed by atoms with Gasteiger partial charge in [-0.15, -0.1) is 12.4 Å². The highest BCUT2D eigenvalue weighted by Crippen LogP contribution is 2.24. The van der Waals surface area contributed by atoms with E-state index in [1.54, 1.807) is 6.20 Å². The van der Waals surface area contributed by atoms with Crippen LogP contribution in [0.3, 0.4) is 0 Å². The first-order chi connectivity index (χ1) is 14.2. The summed E-state index contributed by atoms with van der Waals surface area (Å²) in [4.78, 5) is 35.0. The second-order valence-electron chi connectivity index (χ2n) is 6.95. The third-order valence-electron chi connectivity index (χ3n) is 4.89. The lowest BCUT2D eigenvalue weighted by atomic mass is 10.2. The van der Waals surface area contributed by atoms with Gasteiger partial charge in [0.1, 0.15) is 5.52 Å². The molecule has 0 bridgehead atoms. The van der Waals surface area contributed by atoms with Gasteiger partial charge in [-0.1, -0.05) is 12.1 Å². The fraction of sp³-hybridized carbons (Fsp3) is 0.250. The van der Waals surface area contributed by atoms with Crippen LogP contribution in [0.4, 0.5) is 17.9 Å². The van der Waals surface area contributed by atoms with Crippen LogP contribution in [0.5, 0.6) is 0 Å². The largest absolute Gasteiger partial charge is 0.423 e. The molecule has 1 fully saturated rings. The van der Waals surface area contributed by atoms with E-state index in [-0.39, 0.29) is 29.9 Å². The van der Waals surface area contributed by atoms with Gasteiger partial charge in [-0.2, -0.15) is 4.98 Å². The highest BCUT2D eigenvalue weighted by atomic mass is 35.5. The first-order valence-electron chi connectivity index (χ1n) is 9.49. The lowest BCUT2D eigenvalue weighted by molar-refractivity contribution is 0.621. The third kappa shape index (κ3) is 3.84. The van der Waals surface area contributed by atoms with E-state index in [4.69, 9.17) is 4.42 Å². The molecule has 0 amide bonds. The van der Waals surface area contributed by atoms with Gasteiger partial charge in [0.2, 0.25) is 11.9 Å². The Kier molecular flexibility index (Phi) is 5.37. The molecule has 2 N–H and O–H groups in total. The van der Waals surface area contributed by atoms with Gasteiger partial charge in [-0.3, -0.25) is 15.1 Å². The summed E-state index contributed by atoms with van der Waals surface area (Å²) in [5.74, 6) is 0.959. The predicted molar refractivity (Wildman–Crippen MR) is 117 cm³/mol. The van der Waals surface area contributed by atoms with Crippen LogP contribution in [0.1, 0.15) is 18.5 Å². The summed E-state index contributed by atoms with van der Waals surface area (Å²) >= 11 is 0. The average Bonchev–Trinajstić information content (AvgIpc) is 3.37. The number of fused-ring (bicyclic) bond motifs is 1. The summed E-state index contributed by atoms with van der Waals surface area (Å²) in [5, 5.41) is 2.93. The van der Waals surface area contributed by atoms with Gasteiger partial charge in [0.25, 0.3) is 5.56 Å². The molecule has 0 aliphatic carbocycles. The van der Waals surface area contributed by atoms with Crippen molar-refractivity contribution in [1.82, 2.24) is 24.9 Å². The minimum atomic E-state index is -0.295. The molecule has 3 aromatic heterocycles. The summed E-state index contributed by atoms with van der Waals surface area (Å²) in [6.45, 7) is 3.84. The second kappa shape index (κ2) is 8.11. The van der Waals surface area contributed by atoms with E-state index in [1.807, 2.05) is 31.2 Å². The van der Waals surface area contributed by atoms with Crippen molar-refractivity contribution < 1.29 is 4.42 Å². The van der Waals surface area contributed by atoms with Crippen LogP contribution < -0.4 is 15.8 Å². The topological polar surface area (TPSA) is 113 Å². The van der Waals surface area contributed by atoms with Gasteiger partial charge in [0, 0.05) is 30.9 Å². The Balaban J connectivity index is 0.00000218. The monoisotopic (exact) mass is 425 g/mol. The van der Waals surface area contributed by atoms with Crippen molar-refractivity contribution >= 4 is 41.4 Å². The minimum Gasteiger partial charge on any atom is -0.423 e. The van der Waals surface area contributed by atoms with Gasteiger partial charge in [0.05, 0.1) is 11.4 Å². The molecule has 1 aliphatic rings. The lowest BCUT2D eigenvalue weighted by Crippen LogP contribution is -2.20. The minimum absolute atomic E-state index is 0. The number of halogens is 1. The summed E-state index contributed by atoms with van der Waals surface area (Å²) < 4.78 is 5.64. The molecule has 1 aromatic carbocycles. The molecule has 10 heteroatoms. The van der Waals surface area contributed by atoms with Crippen LogP contribution >= 0.6 is 12.4 Å². The van der Waals surface area contributed by atoms with E-state index in [9.17, 15) is 4.79 Å². The molecule has 4 heterocycles. The quantitative estimate of drug-likeness (QED) is 0.511. The van der Waals surface area contributed by atoms with Gasteiger partial charge in [0.15, 0.2) is 5.58 Å². The Morgan fingerprint density at radius 1 is 1.13 bits per heavy atom. The second-order valence-corrected chi connectivity index (χ2v) is 6.95. The number of benzene rings is 1. The fourth-order valence-electron chi connectivity index (χ4n) is 3.46. The fourth-order valence-corrected chi connectivity index (χ4v) is 3.46. The molecular weight excluding hydrogens is 406 g/mol.